The minimum atomic E-state index is -0.469. The van der Waals surface area contributed by atoms with Gasteiger partial charge in [-0.2, -0.15) is 0 Å². The molecule has 0 aliphatic carbocycles. The Balaban J connectivity index is 1.33. The molecule has 0 spiro atoms. The number of nitro groups is 1. The van der Waals surface area contributed by atoms with Gasteiger partial charge < -0.3 is 20.5 Å². The standard InChI is InChI=1S/C32H28N6O4/c39-29-2-1-16-37(29)17-15-22-3-8-23(9-4-22)31(30-27-18-26(38(41)42)13-14-28(27)36-32(30)40)35-24-10-5-21(6-11-24)7-12-25-19-33-20-34-25/h3-14,18-20,35H,1-2,15-17H2,(H,33,34)(H,36,40)/b12-7+,31-30-. The molecule has 0 unspecified atom stereocenters. The van der Waals surface area contributed by atoms with E-state index in [9.17, 15) is 19.7 Å². The summed E-state index contributed by atoms with van der Waals surface area (Å²) in [6.45, 7) is 1.47. The number of carbonyl (C=O) groups excluding carboxylic acids is 2. The number of nitrogens with zero attached hydrogens (tertiary/aromatic N) is 3. The van der Waals surface area contributed by atoms with E-state index in [2.05, 4.69) is 20.6 Å². The van der Waals surface area contributed by atoms with Crippen molar-refractivity contribution in [2.24, 2.45) is 0 Å². The second-order valence-electron chi connectivity index (χ2n) is 10.2. The summed E-state index contributed by atoms with van der Waals surface area (Å²) in [5, 5.41) is 17.8. The lowest BCUT2D eigenvalue weighted by atomic mass is 9.98. The number of fused-ring (bicyclic) bond motifs is 1. The molecule has 3 aromatic carbocycles. The fourth-order valence-electron chi connectivity index (χ4n) is 5.20. The number of anilines is 2. The molecule has 1 aromatic heterocycles. The van der Waals surface area contributed by atoms with Crippen LogP contribution in [-0.4, -0.2) is 44.7 Å². The van der Waals surface area contributed by atoms with Crippen LogP contribution >= 0.6 is 0 Å². The van der Waals surface area contributed by atoms with Crippen molar-refractivity contribution in [3.8, 4) is 0 Å². The van der Waals surface area contributed by atoms with E-state index in [4.69, 9.17) is 0 Å². The van der Waals surface area contributed by atoms with Crippen molar-refractivity contribution in [1.29, 1.82) is 0 Å². The van der Waals surface area contributed by atoms with Gasteiger partial charge in [0.15, 0.2) is 0 Å². The minimum absolute atomic E-state index is 0.0954. The van der Waals surface area contributed by atoms with Crippen molar-refractivity contribution in [3.63, 3.8) is 0 Å². The second-order valence-corrected chi connectivity index (χ2v) is 10.2. The zero-order valence-electron chi connectivity index (χ0n) is 22.7. The first-order valence-electron chi connectivity index (χ1n) is 13.7. The van der Waals surface area contributed by atoms with Gasteiger partial charge in [0.25, 0.3) is 11.6 Å². The number of benzene rings is 3. The highest BCUT2D eigenvalue weighted by Crippen LogP contribution is 2.39. The SMILES string of the molecule is O=C1Nc2ccc([N+](=O)[O-])cc2/C1=C(/Nc1ccc(/C=C/c2c[nH]cn2)cc1)c1ccc(CCN2CCCC2=O)cc1. The van der Waals surface area contributed by atoms with Crippen molar-refractivity contribution in [3.05, 3.63) is 117 Å². The van der Waals surface area contributed by atoms with Crippen molar-refractivity contribution < 1.29 is 14.5 Å². The van der Waals surface area contributed by atoms with Gasteiger partial charge in [0.1, 0.15) is 0 Å². The van der Waals surface area contributed by atoms with Crippen molar-refractivity contribution >= 4 is 52.3 Å². The molecule has 2 aliphatic rings. The van der Waals surface area contributed by atoms with Crippen LogP contribution in [0.2, 0.25) is 0 Å². The van der Waals surface area contributed by atoms with Crippen LogP contribution in [0.4, 0.5) is 17.1 Å². The molecule has 2 aliphatic heterocycles. The number of likely N-dealkylation sites (tertiary alicyclic amines) is 1. The van der Waals surface area contributed by atoms with E-state index >= 15 is 0 Å². The van der Waals surface area contributed by atoms with Crippen LogP contribution in [0.1, 0.15) is 40.8 Å². The molecule has 210 valence electrons. The van der Waals surface area contributed by atoms with E-state index in [-0.39, 0.29) is 17.5 Å². The summed E-state index contributed by atoms with van der Waals surface area (Å²) >= 11 is 0. The average molecular weight is 561 g/mol. The number of amides is 2. The largest absolute Gasteiger partial charge is 0.354 e. The molecule has 3 N–H and O–H groups in total. The van der Waals surface area contributed by atoms with Crippen molar-refractivity contribution in [2.45, 2.75) is 19.3 Å². The molecule has 3 heterocycles. The van der Waals surface area contributed by atoms with Crippen LogP contribution < -0.4 is 10.6 Å². The Bertz CT molecular complexity index is 1710. The van der Waals surface area contributed by atoms with Crippen molar-refractivity contribution in [1.82, 2.24) is 14.9 Å². The van der Waals surface area contributed by atoms with Gasteiger partial charge in [0.2, 0.25) is 5.91 Å². The molecule has 0 saturated carbocycles. The maximum absolute atomic E-state index is 13.3. The zero-order chi connectivity index (χ0) is 29.1. The third-order valence-electron chi connectivity index (χ3n) is 7.44. The van der Waals surface area contributed by atoms with Crippen LogP contribution in [-0.2, 0) is 16.0 Å². The summed E-state index contributed by atoms with van der Waals surface area (Å²) < 4.78 is 0. The lowest BCUT2D eigenvalue weighted by Crippen LogP contribution is -2.26. The Hall–Kier alpha value is -5.51. The molecule has 0 radical (unpaired) electrons. The number of non-ortho nitro benzene ring substituents is 1. The zero-order valence-corrected chi connectivity index (χ0v) is 22.7. The van der Waals surface area contributed by atoms with E-state index < -0.39 is 4.92 Å². The summed E-state index contributed by atoms with van der Waals surface area (Å²) in [7, 11) is 0. The fourth-order valence-corrected chi connectivity index (χ4v) is 5.20. The summed E-state index contributed by atoms with van der Waals surface area (Å²) in [5.74, 6) is -0.145. The Morgan fingerprint density at radius 2 is 1.86 bits per heavy atom. The molecule has 0 atom stereocenters. The molecule has 1 saturated heterocycles. The van der Waals surface area contributed by atoms with Gasteiger partial charge in [-0.1, -0.05) is 42.5 Å². The lowest BCUT2D eigenvalue weighted by molar-refractivity contribution is -0.384. The first kappa shape index (κ1) is 26.7. The Morgan fingerprint density at radius 3 is 2.55 bits per heavy atom. The maximum Gasteiger partial charge on any atom is 0.270 e. The highest BCUT2D eigenvalue weighted by Gasteiger charge is 2.30. The molecule has 6 rings (SSSR count). The van der Waals surface area contributed by atoms with Crippen LogP contribution in [0.3, 0.4) is 0 Å². The monoisotopic (exact) mass is 560 g/mol. The summed E-state index contributed by atoms with van der Waals surface area (Å²) in [6, 6.07) is 19.9. The van der Waals surface area contributed by atoms with Crippen LogP contribution in [0.25, 0.3) is 23.4 Å². The minimum Gasteiger partial charge on any atom is -0.354 e. The second kappa shape index (κ2) is 11.5. The highest BCUT2D eigenvalue weighted by molar-refractivity contribution is 6.37. The molecule has 2 amide bonds. The molecule has 0 bridgehead atoms. The normalized spacial score (nSPS) is 15.7. The number of hydrogen-bond acceptors (Lipinski definition) is 6. The number of hydrogen-bond donors (Lipinski definition) is 3. The molecular weight excluding hydrogens is 532 g/mol. The van der Waals surface area contributed by atoms with Gasteiger partial charge in [0, 0.05) is 54.8 Å². The van der Waals surface area contributed by atoms with Gasteiger partial charge in [-0.15, -0.1) is 0 Å². The lowest BCUT2D eigenvalue weighted by Gasteiger charge is -2.17. The Morgan fingerprint density at radius 1 is 1.05 bits per heavy atom. The molecular formula is C32H28N6O4. The number of rotatable bonds is 9. The summed E-state index contributed by atoms with van der Waals surface area (Å²) in [4.78, 5) is 45.3. The first-order chi connectivity index (χ1) is 20.4. The van der Waals surface area contributed by atoms with Gasteiger partial charge in [-0.05, 0) is 53.8 Å². The Kier molecular flexibility index (Phi) is 7.33. The highest BCUT2D eigenvalue weighted by atomic mass is 16.6. The van der Waals surface area contributed by atoms with Crippen LogP contribution in [0, 0.1) is 10.1 Å². The predicted octanol–water partition coefficient (Wildman–Crippen LogP) is 5.59. The molecule has 10 nitrogen and oxygen atoms in total. The first-order valence-corrected chi connectivity index (χ1v) is 13.7. The van der Waals surface area contributed by atoms with E-state index in [0.717, 1.165) is 47.5 Å². The summed E-state index contributed by atoms with van der Waals surface area (Å²) in [6.07, 6.45) is 9.53. The van der Waals surface area contributed by atoms with Gasteiger partial charge >= 0.3 is 0 Å². The maximum atomic E-state index is 13.3. The topological polar surface area (TPSA) is 133 Å². The quantitative estimate of drug-likeness (QED) is 0.139. The Labute approximate surface area is 241 Å². The van der Waals surface area contributed by atoms with Crippen LogP contribution in [0.5, 0.6) is 0 Å². The number of nitro benzene ring substituents is 1. The number of aromatic nitrogens is 2. The summed E-state index contributed by atoms with van der Waals surface area (Å²) in [5.41, 5.74) is 6.11. The number of nitrogens with one attached hydrogen (secondary N) is 3. The van der Waals surface area contributed by atoms with E-state index in [1.54, 1.807) is 18.6 Å². The number of H-pyrrole nitrogens is 1. The van der Waals surface area contributed by atoms with Gasteiger partial charge in [-0.25, -0.2) is 4.98 Å². The predicted molar refractivity (Wildman–Crippen MR) is 162 cm³/mol. The van der Waals surface area contributed by atoms with E-state index in [0.29, 0.717) is 35.5 Å². The molecule has 42 heavy (non-hydrogen) atoms. The smallest absolute Gasteiger partial charge is 0.270 e. The number of imidazole rings is 1. The van der Waals surface area contributed by atoms with Crippen LogP contribution in [0.15, 0.2) is 79.3 Å². The van der Waals surface area contributed by atoms with Gasteiger partial charge in [-0.3, -0.25) is 19.7 Å². The number of carbonyl (C=O) groups is 2. The molecule has 1 fully saturated rings. The van der Waals surface area contributed by atoms with E-state index in [1.165, 1.54) is 12.1 Å². The fraction of sp³-hybridized carbons (Fsp3) is 0.156. The van der Waals surface area contributed by atoms with E-state index in [1.807, 2.05) is 65.6 Å². The molecule has 4 aromatic rings. The number of aromatic amines is 1. The average Bonchev–Trinajstić information content (AvgIpc) is 3.74. The van der Waals surface area contributed by atoms with Gasteiger partial charge in [0.05, 0.1) is 28.2 Å². The third-order valence-corrected chi connectivity index (χ3v) is 7.44. The van der Waals surface area contributed by atoms with Crippen molar-refractivity contribution in [2.75, 3.05) is 23.7 Å². The molecule has 10 heteroatoms. The third kappa shape index (κ3) is 5.68.